The van der Waals surface area contributed by atoms with Gasteiger partial charge in [0.05, 0.1) is 39.1 Å². The topological polar surface area (TPSA) is 102 Å². The Hall–Kier alpha value is -3.45. The van der Waals surface area contributed by atoms with Crippen LogP contribution in [-0.2, 0) is 30.2 Å². The van der Waals surface area contributed by atoms with E-state index >= 15 is 8.78 Å². The number of ether oxygens (including phenoxy) is 4. The van der Waals surface area contributed by atoms with E-state index < -0.39 is 35.2 Å². The van der Waals surface area contributed by atoms with Gasteiger partial charge in [0.1, 0.15) is 23.9 Å². The summed E-state index contributed by atoms with van der Waals surface area (Å²) in [6, 6.07) is 8.66. The molecule has 12 heteroatoms. The van der Waals surface area contributed by atoms with Gasteiger partial charge in [0.15, 0.2) is 0 Å². The van der Waals surface area contributed by atoms with Crippen molar-refractivity contribution in [2.24, 2.45) is 0 Å². The first-order valence-electron chi connectivity index (χ1n) is 15.7. The molecule has 4 rings (SSSR count). The molecule has 1 aromatic heterocycles. The zero-order valence-corrected chi connectivity index (χ0v) is 26.9. The SMILES string of the molecule is CCOC(=O)COCCOCCOCCCNC(=O)c1cc(F)c([C@@H]2c3[nH]c4ccccc4c3C[C@@H](C)N2CC(C)(C)F)c(F)c1. The predicted octanol–water partition coefficient (Wildman–Crippen LogP) is 5.26. The highest BCUT2D eigenvalue weighted by Gasteiger charge is 2.41. The summed E-state index contributed by atoms with van der Waals surface area (Å²) in [5.41, 5.74) is 0.456. The number of rotatable bonds is 17. The molecule has 9 nitrogen and oxygen atoms in total. The maximum absolute atomic E-state index is 15.8. The third-order valence-corrected chi connectivity index (χ3v) is 7.71. The second kappa shape index (κ2) is 16.4. The van der Waals surface area contributed by atoms with Crippen molar-refractivity contribution in [2.75, 3.05) is 59.3 Å². The largest absolute Gasteiger partial charge is 0.464 e. The van der Waals surface area contributed by atoms with Gasteiger partial charge >= 0.3 is 5.97 Å². The molecule has 0 saturated carbocycles. The number of carbonyl (C=O) groups is 2. The minimum absolute atomic E-state index is 0.0332. The maximum atomic E-state index is 15.8. The molecule has 2 N–H and O–H groups in total. The first-order chi connectivity index (χ1) is 22.0. The molecule has 46 heavy (non-hydrogen) atoms. The number of fused-ring (bicyclic) bond motifs is 3. The zero-order valence-electron chi connectivity index (χ0n) is 26.9. The molecule has 1 aliphatic rings. The quantitative estimate of drug-likeness (QED) is 0.152. The van der Waals surface area contributed by atoms with Gasteiger partial charge in [-0.2, -0.15) is 0 Å². The molecule has 1 amide bonds. The molecular formula is C34H44F3N3O6. The number of aromatic amines is 1. The van der Waals surface area contributed by atoms with Crippen molar-refractivity contribution in [1.29, 1.82) is 0 Å². The van der Waals surface area contributed by atoms with Crippen molar-refractivity contribution >= 4 is 22.8 Å². The van der Waals surface area contributed by atoms with Crippen LogP contribution in [0.1, 0.15) is 67.3 Å². The average molecular weight is 648 g/mol. The minimum atomic E-state index is -1.61. The van der Waals surface area contributed by atoms with Gasteiger partial charge in [-0.05, 0) is 64.3 Å². The van der Waals surface area contributed by atoms with Crippen LogP contribution in [0, 0.1) is 11.6 Å². The molecule has 3 aromatic rings. The summed E-state index contributed by atoms with van der Waals surface area (Å²) in [6.45, 7) is 8.52. The van der Waals surface area contributed by atoms with Gasteiger partial charge in [0, 0.05) is 53.5 Å². The van der Waals surface area contributed by atoms with Crippen molar-refractivity contribution in [3.63, 3.8) is 0 Å². The van der Waals surface area contributed by atoms with E-state index in [-0.39, 0.29) is 43.5 Å². The molecule has 2 aromatic carbocycles. The van der Waals surface area contributed by atoms with Gasteiger partial charge in [-0.25, -0.2) is 18.0 Å². The van der Waals surface area contributed by atoms with Crippen LogP contribution in [0.2, 0.25) is 0 Å². The van der Waals surface area contributed by atoms with Crippen molar-refractivity contribution in [3.8, 4) is 0 Å². The Kier molecular flexibility index (Phi) is 12.6. The molecule has 0 unspecified atom stereocenters. The fourth-order valence-corrected chi connectivity index (χ4v) is 5.75. The highest BCUT2D eigenvalue weighted by molar-refractivity contribution is 5.94. The van der Waals surface area contributed by atoms with Crippen LogP contribution < -0.4 is 5.32 Å². The van der Waals surface area contributed by atoms with Crippen molar-refractivity contribution in [2.45, 2.75) is 58.3 Å². The molecule has 0 fully saturated rings. The van der Waals surface area contributed by atoms with Gasteiger partial charge in [-0.1, -0.05) is 18.2 Å². The maximum Gasteiger partial charge on any atom is 0.332 e. The fourth-order valence-electron chi connectivity index (χ4n) is 5.75. The standard InChI is InChI=1S/C34H44F3N3O6/c1-5-46-29(41)20-45-16-15-44-14-13-43-12-8-11-38-33(42)23-18-26(35)30(27(36)19-23)32-31-25(24-9-6-7-10-28(24)39-31)17-22(2)40(32)21-34(3,4)37/h6-7,9-10,18-19,22,32,39H,5,8,11-17,20-21H2,1-4H3,(H,38,42)/t22-,32-/m1/s1. The number of hydrogen-bond donors (Lipinski definition) is 2. The Morgan fingerprint density at radius 2 is 1.67 bits per heavy atom. The number of halogens is 3. The van der Waals surface area contributed by atoms with Gasteiger partial charge in [-0.3, -0.25) is 9.69 Å². The van der Waals surface area contributed by atoms with E-state index in [4.69, 9.17) is 18.9 Å². The van der Waals surface area contributed by atoms with E-state index in [9.17, 15) is 14.0 Å². The lowest BCUT2D eigenvalue weighted by Crippen LogP contribution is -2.48. The molecule has 2 atom stereocenters. The number of aromatic nitrogens is 1. The van der Waals surface area contributed by atoms with Crippen LogP contribution >= 0.6 is 0 Å². The highest BCUT2D eigenvalue weighted by atomic mass is 19.1. The second-order valence-corrected chi connectivity index (χ2v) is 12.0. The monoisotopic (exact) mass is 647 g/mol. The number of nitrogens with one attached hydrogen (secondary N) is 2. The van der Waals surface area contributed by atoms with E-state index in [0.29, 0.717) is 51.6 Å². The van der Waals surface area contributed by atoms with Crippen LogP contribution in [0.3, 0.4) is 0 Å². The molecule has 1 aliphatic heterocycles. The third-order valence-electron chi connectivity index (χ3n) is 7.71. The van der Waals surface area contributed by atoms with Crippen molar-refractivity contribution < 1.29 is 41.7 Å². The Balaban J connectivity index is 1.32. The summed E-state index contributed by atoms with van der Waals surface area (Å²) >= 11 is 0. The van der Waals surface area contributed by atoms with Crippen LogP contribution in [0.4, 0.5) is 13.2 Å². The number of H-pyrrole nitrogens is 1. The molecule has 0 bridgehead atoms. The van der Waals surface area contributed by atoms with Crippen LogP contribution in [0.5, 0.6) is 0 Å². The second-order valence-electron chi connectivity index (χ2n) is 12.0. The molecular weight excluding hydrogens is 603 g/mol. The highest BCUT2D eigenvalue weighted by Crippen LogP contribution is 2.43. The minimum Gasteiger partial charge on any atom is -0.464 e. The third kappa shape index (κ3) is 9.31. The Labute approximate surface area is 267 Å². The molecule has 0 spiro atoms. The predicted molar refractivity (Wildman–Crippen MR) is 168 cm³/mol. The normalized spacial score (nSPS) is 16.8. The summed E-state index contributed by atoms with van der Waals surface area (Å²) in [4.78, 5) is 29.1. The number of hydrogen-bond acceptors (Lipinski definition) is 7. The Morgan fingerprint density at radius 3 is 2.35 bits per heavy atom. The number of alkyl halides is 1. The number of esters is 1. The number of carbonyl (C=O) groups excluding carboxylic acids is 2. The van der Waals surface area contributed by atoms with Crippen molar-refractivity contribution in [1.82, 2.24) is 15.2 Å². The van der Waals surface area contributed by atoms with Crippen molar-refractivity contribution in [3.05, 3.63) is 70.4 Å². The smallest absolute Gasteiger partial charge is 0.332 e. The summed E-state index contributed by atoms with van der Waals surface area (Å²) in [6.07, 6.45) is 1.08. The molecule has 0 aliphatic carbocycles. The average Bonchev–Trinajstić information content (AvgIpc) is 3.36. The van der Waals surface area contributed by atoms with Gasteiger partial charge in [0.2, 0.25) is 0 Å². The molecule has 2 heterocycles. The molecule has 0 saturated heterocycles. The lowest BCUT2D eigenvalue weighted by atomic mass is 9.87. The first-order valence-corrected chi connectivity index (χ1v) is 15.7. The first kappa shape index (κ1) is 35.4. The molecule has 252 valence electrons. The number of amides is 1. The Bertz CT molecular complexity index is 1450. The lowest BCUT2D eigenvalue weighted by Gasteiger charge is -2.43. The van der Waals surface area contributed by atoms with Gasteiger partial charge in [-0.15, -0.1) is 0 Å². The molecule has 0 radical (unpaired) electrons. The number of para-hydroxylation sites is 1. The number of benzene rings is 2. The van der Waals surface area contributed by atoms with Crippen LogP contribution in [0.15, 0.2) is 36.4 Å². The summed E-state index contributed by atoms with van der Waals surface area (Å²) in [7, 11) is 0. The van der Waals surface area contributed by atoms with E-state index in [0.717, 1.165) is 28.6 Å². The van der Waals surface area contributed by atoms with Crippen LogP contribution in [0.25, 0.3) is 10.9 Å². The fraction of sp³-hybridized carbons (Fsp3) is 0.529. The van der Waals surface area contributed by atoms with E-state index in [1.807, 2.05) is 31.2 Å². The zero-order chi connectivity index (χ0) is 33.3. The van der Waals surface area contributed by atoms with Gasteiger partial charge in [0.25, 0.3) is 5.91 Å². The lowest BCUT2D eigenvalue weighted by molar-refractivity contribution is -0.149. The van der Waals surface area contributed by atoms with E-state index in [1.54, 1.807) is 11.8 Å². The summed E-state index contributed by atoms with van der Waals surface area (Å²) in [5, 5.41) is 3.64. The van der Waals surface area contributed by atoms with Crippen LogP contribution in [-0.4, -0.2) is 92.8 Å². The van der Waals surface area contributed by atoms with E-state index in [2.05, 4.69) is 10.3 Å². The summed E-state index contributed by atoms with van der Waals surface area (Å²) in [5.74, 6) is -2.77. The Morgan fingerprint density at radius 1 is 1.02 bits per heavy atom. The van der Waals surface area contributed by atoms with E-state index in [1.165, 1.54) is 13.8 Å². The number of nitrogens with zero attached hydrogens (tertiary/aromatic N) is 1. The summed E-state index contributed by atoms with van der Waals surface area (Å²) < 4.78 is 67.4. The van der Waals surface area contributed by atoms with Gasteiger partial charge < -0.3 is 29.2 Å².